The molecular formula is C18H23N5. The highest BCUT2D eigenvalue weighted by Gasteiger charge is 2.20. The van der Waals surface area contributed by atoms with Crippen LogP contribution in [0.15, 0.2) is 36.9 Å². The molecule has 0 aromatic carbocycles. The summed E-state index contributed by atoms with van der Waals surface area (Å²) in [6.07, 6.45) is 11.8. The fraction of sp³-hybridized carbons (Fsp3) is 0.444. The summed E-state index contributed by atoms with van der Waals surface area (Å²) in [6, 6.07) is 4.38. The predicted octanol–water partition coefficient (Wildman–Crippen LogP) is 2.75. The standard InChI is InChI=1S/C18H23N5/c1-22-11-16(10-21-22)13-23-6-2-3-14(12-23)7-15-8-17-4-5-19-18(17)20-9-15/h4-5,8-11,14H,2-3,6-7,12-13H2,1H3,(H,19,20). The van der Waals surface area contributed by atoms with Crippen LogP contribution in [-0.4, -0.2) is 37.7 Å². The van der Waals surface area contributed by atoms with Crippen LogP contribution < -0.4 is 0 Å². The van der Waals surface area contributed by atoms with Crippen LogP contribution in [0.2, 0.25) is 0 Å². The van der Waals surface area contributed by atoms with Crippen molar-refractivity contribution in [2.24, 2.45) is 13.0 Å². The molecule has 3 aromatic rings. The molecular weight excluding hydrogens is 286 g/mol. The van der Waals surface area contributed by atoms with E-state index in [4.69, 9.17) is 0 Å². The van der Waals surface area contributed by atoms with Gasteiger partial charge in [-0.3, -0.25) is 9.58 Å². The summed E-state index contributed by atoms with van der Waals surface area (Å²) in [5.41, 5.74) is 3.64. The molecule has 3 aromatic heterocycles. The number of H-pyrrole nitrogens is 1. The molecule has 0 spiro atoms. The van der Waals surface area contributed by atoms with Crippen LogP contribution in [0.5, 0.6) is 0 Å². The van der Waals surface area contributed by atoms with Crippen LogP contribution in [0, 0.1) is 5.92 Å². The molecule has 0 bridgehead atoms. The second kappa shape index (κ2) is 6.16. The lowest BCUT2D eigenvalue weighted by atomic mass is 9.91. The fourth-order valence-corrected chi connectivity index (χ4v) is 3.70. The molecule has 0 aliphatic carbocycles. The molecule has 1 saturated heterocycles. The summed E-state index contributed by atoms with van der Waals surface area (Å²) < 4.78 is 1.88. The molecule has 1 aliphatic rings. The average molecular weight is 309 g/mol. The molecule has 23 heavy (non-hydrogen) atoms. The fourth-order valence-electron chi connectivity index (χ4n) is 3.70. The average Bonchev–Trinajstić information content (AvgIpc) is 3.16. The molecule has 0 amide bonds. The van der Waals surface area contributed by atoms with E-state index in [2.05, 4.69) is 38.3 Å². The van der Waals surface area contributed by atoms with Gasteiger partial charge in [-0.1, -0.05) is 0 Å². The molecule has 120 valence electrons. The van der Waals surface area contributed by atoms with Crippen LogP contribution in [0.25, 0.3) is 11.0 Å². The third-order valence-electron chi connectivity index (χ3n) is 4.75. The summed E-state index contributed by atoms with van der Waals surface area (Å²) >= 11 is 0. The second-order valence-electron chi connectivity index (χ2n) is 6.73. The molecule has 1 N–H and O–H groups in total. The van der Waals surface area contributed by atoms with Crippen molar-refractivity contribution < 1.29 is 0 Å². The van der Waals surface area contributed by atoms with Crippen LogP contribution in [0.1, 0.15) is 24.0 Å². The Morgan fingerprint density at radius 2 is 2.26 bits per heavy atom. The predicted molar refractivity (Wildman–Crippen MR) is 91.0 cm³/mol. The van der Waals surface area contributed by atoms with Crippen molar-refractivity contribution >= 4 is 11.0 Å². The maximum absolute atomic E-state index is 4.52. The van der Waals surface area contributed by atoms with E-state index < -0.39 is 0 Å². The van der Waals surface area contributed by atoms with Gasteiger partial charge in [0.15, 0.2) is 0 Å². The van der Waals surface area contributed by atoms with Gasteiger partial charge in [0, 0.05) is 49.7 Å². The van der Waals surface area contributed by atoms with Crippen molar-refractivity contribution in [3.05, 3.63) is 48.0 Å². The number of nitrogens with one attached hydrogen (secondary N) is 1. The highest BCUT2D eigenvalue weighted by atomic mass is 15.2. The van der Waals surface area contributed by atoms with Crippen molar-refractivity contribution in [3.8, 4) is 0 Å². The molecule has 1 fully saturated rings. The Hall–Kier alpha value is -2.14. The van der Waals surface area contributed by atoms with E-state index >= 15 is 0 Å². The number of rotatable bonds is 4. The normalized spacial score (nSPS) is 19.4. The van der Waals surface area contributed by atoms with Gasteiger partial charge >= 0.3 is 0 Å². The third-order valence-corrected chi connectivity index (χ3v) is 4.75. The maximum atomic E-state index is 4.52. The third kappa shape index (κ3) is 3.29. The van der Waals surface area contributed by atoms with Crippen molar-refractivity contribution in [3.63, 3.8) is 0 Å². The number of aromatic nitrogens is 4. The number of aromatic amines is 1. The number of aryl methyl sites for hydroxylation is 1. The van der Waals surface area contributed by atoms with Crippen LogP contribution >= 0.6 is 0 Å². The zero-order chi connectivity index (χ0) is 15.6. The van der Waals surface area contributed by atoms with E-state index in [-0.39, 0.29) is 0 Å². The van der Waals surface area contributed by atoms with Gasteiger partial charge in [0.1, 0.15) is 5.65 Å². The number of pyridine rings is 1. The number of hydrogen-bond donors (Lipinski definition) is 1. The summed E-state index contributed by atoms with van der Waals surface area (Å²) in [7, 11) is 1.98. The molecule has 1 atom stereocenters. The second-order valence-corrected chi connectivity index (χ2v) is 6.73. The lowest BCUT2D eigenvalue weighted by molar-refractivity contribution is 0.167. The summed E-state index contributed by atoms with van der Waals surface area (Å²) in [5, 5.41) is 5.48. The van der Waals surface area contributed by atoms with Gasteiger partial charge in [0.2, 0.25) is 0 Å². The summed E-state index contributed by atoms with van der Waals surface area (Å²) in [4.78, 5) is 10.2. The van der Waals surface area contributed by atoms with Gasteiger partial charge in [-0.15, -0.1) is 0 Å². The van der Waals surface area contributed by atoms with E-state index in [1.165, 1.54) is 42.4 Å². The Morgan fingerprint density at radius 3 is 3.13 bits per heavy atom. The quantitative estimate of drug-likeness (QED) is 0.806. The van der Waals surface area contributed by atoms with Crippen molar-refractivity contribution in [2.75, 3.05) is 13.1 Å². The lowest BCUT2D eigenvalue weighted by Crippen LogP contribution is -2.35. The number of fused-ring (bicyclic) bond motifs is 1. The largest absolute Gasteiger partial charge is 0.346 e. The van der Waals surface area contributed by atoms with Gasteiger partial charge in [0.25, 0.3) is 0 Å². The molecule has 5 nitrogen and oxygen atoms in total. The van der Waals surface area contributed by atoms with E-state index in [1.54, 1.807) is 0 Å². The number of piperidine rings is 1. The first-order chi connectivity index (χ1) is 11.3. The van der Waals surface area contributed by atoms with Gasteiger partial charge in [-0.05, 0) is 49.4 Å². The summed E-state index contributed by atoms with van der Waals surface area (Å²) in [5.74, 6) is 0.721. The Labute approximate surface area is 136 Å². The Kier molecular flexibility index (Phi) is 3.87. The van der Waals surface area contributed by atoms with Crippen molar-refractivity contribution in [1.82, 2.24) is 24.6 Å². The van der Waals surface area contributed by atoms with E-state index in [0.29, 0.717) is 0 Å². The van der Waals surface area contributed by atoms with E-state index in [9.17, 15) is 0 Å². The number of nitrogens with zero attached hydrogens (tertiary/aromatic N) is 4. The molecule has 5 heteroatoms. The lowest BCUT2D eigenvalue weighted by Gasteiger charge is -2.32. The van der Waals surface area contributed by atoms with Gasteiger partial charge in [-0.2, -0.15) is 5.10 Å². The molecule has 1 aliphatic heterocycles. The van der Waals surface area contributed by atoms with Crippen molar-refractivity contribution in [1.29, 1.82) is 0 Å². The van der Waals surface area contributed by atoms with Crippen LogP contribution in [-0.2, 0) is 20.0 Å². The minimum Gasteiger partial charge on any atom is -0.346 e. The molecule has 4 heterocycles. The van der Waals surface area contributed by atoms with Gasteiger partial charge in [0.05, 0.1) is 6.20 Å². The first-order valence-corrected chi connectivity index (χ1v) is 8.38. The molecule has 0 saturated carbocycles. The Morgan fingerprint density at radius 1 is 1.30 bits per heavy atom. The topological polar surface area (TPSA) is 49.7 Å². The zero-order valence-electron chi connectivity index (χ0n) is 13.6. The molecule has 0 radical (unpaired) electrons. The smallest absolute Gasteiger partial charge is 0.137 e. The highest BCUT2D eigenvalue weighted by Crippen LogP contribution is 2.23. The Balaban J connectivity index is 1.40. The monoisotopic (exact) mass is 309 g/mol. The minimum atomic E-state index is 0.721. The first kappa shape index (κ1) is 14.5. The van der Waals surface area contributed by atoms with Crippen LogP contribution in [0.4, 0.5) is 0 Å². The van der Waals surface area contributed by atoms with Gasteiger partial charge < -0.3 is 4.98 Å². The number of hydrogen-bond acceptors (Lipinski definition) is 3. The maximum Gasteiger partial charge on any atom is 0.137 e. The molecule has 4 rings (SSSR count). The molecule has 1 unspecified atom stereocenters. The zero-order valence-corrected chi connectivity index (χ0v) is 13.6. The SMILES string of the molecule is Cn1cc(CN2CCCC(Cc3cnc4[nH]ccc4c3)C2)cn1. The van der Waals surface area contributed by atoms with E-state index in [0.717, 1.165) is 24.5 Å². The summed E-state index contributed by atoms with van der Waals surface area (Å²) in [6.45, 7) is 3.37. The van der Waals surface area contributed by atoms with E-state index in [1.807, 2.05) is 30.3 Å². The Bertz CT molecular complexity index is 787. The van der Waals surface area contributed by atoms with Crippen LogP contribution in [0.3, 0.4) is 0 Å². The minimum absolute atomic E-state index is 0.721. The number of likely N-dealkylation sites (tertiary alicyclic amines) is 1. The first-order valence-electron chi connectivity index (χ1n) is 8.38. The van der Waals surface area contributed by atoms with Crippen molar-refractivity contribution in [2.45, 2.75) is 25.8 Å². The highest BCUT2D eigenvalue weighted by molar-refractivity contribution is 5.75. The van der Waals surface area contributed by atoms with Gasteiger partial charge in [-0.25, -0.2) is 4.98 Å².